The van der Waals surface area contributed by atoms with Crippen LogP contribution in [0.2, 0.25) is 0 Å². The van der Waals surface area contributed by atoms with Crippen LogP contribution in [0.1, 0.15) is 59.3 Å². The standard InChI is InChI=1S/C16H30N2O4/c1-16(2,3)22-13(19)10-18-15(21)14(20)12(17)9-11-7-5-4-6-8-11/h11-12,14,20H,4-10,17H2,1-3H3,(H,18,21)/t12-,14?/m1/s1. The molecule has 0 heterocycles. The third-order valence-electron chi connectivity index (χ3n) is 3.83. The molecule has 0 saturated heterocycles. The molecule has 1 saturated carbocycles. The van der Waals surface area contributed by atoms with Crippen LogP contribution < -0.4 is 11.1 Å². The minimum absolute atomic E-state index is 0.261. The summed E-state index contributed by atoms with van der Waals surface area (Å²) >= 11 is 0. The number of nitrogens with one attached hydrogen (secondary N) is 1. The Balaban J connectivity index is 2.32. The van der Waals surface area contributed by atoms with Crippen molar-refractivity contribution in [3.05, 3.63) is 0 Å². The Labute approximate surface area is 132 Å². The number of aliphatic hydroxyl groups excluding tert-OH is 1. The van der Waals surface area contributed by atoms with Crippen LogP contribution in [0.25, 0.3) is 0 Å². The van der Waals surface area contributed by atoms with Crippen molar-refractivity contribution >= 4 is 11.9 Å². The molecule has 0 aromatic heterocycles. The van der Waals surface area contributed by atoms with Gasteiger partial charge in [-0.1, -0.05) is 32.1 Å². The van der Waals surface area contributed by atoms with E-state index in [0.29, 0.717) is 12.3 Å². The predicted molar refractivity (Wildman–Crippen MR) is 84.0 cm³/mol. The van der Waals surface area contributed by atoms with E-state index < -0.39 is 29.6 Å². The molecule has 0 aliphatic heterocycles. The minimum atomic E-state index is -1.29. The molecule has 2 atom stereocenters. The molecule has 6 heteroatoms. The molecule has 22 heavy (non-hydrogen) atoms. The number of carbonyl (C=O) groups is 2. The largest absolute Gasteiger partial charge is 0.459 e. The zero-order valence-corrected chi connectivity index (χ0v) is 13.9. The van der Waals surface area contributed by atoms with E-state index in [4.69, 9.17) is 10.5 Å². The van der Waals surface area contributed by atoms with E-state index in [2.05, 4.69) is 5.32 Å². The summed E-state index contributed by atoms with van der Waals surface area (Å²) in [5.41, 5.74) is 5.33. The van der Waals surface area contributed by atoms with Gasteiger partial charge in [0.2, 0.25) is 0 Å². The Bertz CT molecular complexity index is 373. The van der Waals surface area contributed by atoms with E-state index in [9.17, 15) is 14.7 Å². The van der Waals surface area contributed by atoms with Gasteiger partial charge in [-0.15, -0.1) is 0 Å². The first-order chi connectivity index (χ1) is 10.2. The molecular formula is C16H30N2O4. The van der Waals surface area contributed by atoms with Crippen LogP contribution in [-0.4, -0.2) is 41.3 Å². The number of nitrogens with two attached hydrogens (primary N) is 1. The lowest BCUT2D eigenvalue weighted by atomic mass is 9.84. The summed E-state index contributed by atoms with van der Waals surface area (Å²) in [7, 11) is 0. The number of hydrogen-bond donors (Lipinski definition) is 3. The number of aliphatic hydroxyl groups is 1. The van der Waals surface area contributed by atoms with E-state index in [1.54, 1.807) is 20.8 Å². The molecule has 1 aliphatic carbocycles. The van der Waals surface area contributed by atoms with Crippen molar-refractivity contribution in [3.63, 3.8) is 0 Å². The molecule has 1 rings (SSSR count). The number of carbonyl (C=O) groups excluding carboxylic acids is 2. The third kappa shape index (κ3) is 7.22. The van der Waals surface area contributed by atoms with E-state index in [0.717, 1.165) is 12.8 Å². The molecule has 1 fully saturated rings. The second kappa shape index (κ2) is 8.48. The highest BCUT2D eigenvalue weighted by molar-refractivity contribution is 5.85. The SMILES string of the molecule is CC(C)(C)OC(=O)CNC(=O)C(O)[C@H](N)CC1CCCCC1. The molecule has 0 bridgehead atoms. The highest BCUT2D eigenvalue weighted by atomic mass is 16.6. The van der Waals surface area contributed by atoms with Crippen LogP contribution in [0.3, 0.4) is 0 Å². The summed E-state index contributed by atoms with van der Waals surface area (Å²) in [6.45, 7) is 4.99. The molecular weight excluding hydrogens is 284 g/mol. The smallest absolute Gasteiger partial charge is 0.325 e. The molecule has 0 aromatic carbocycles. The Hall–Kier alpha value is -1.14. The van der Waals surface area contributed by atoms with Gasteiger partial charge in [-0.25, -0.2) is 0 Å². The topological polar surface area (TPSA) is 102 Å². The number of hydrogen-bond acceptors (Lipinski definition) is 5. The minimum Gasteiger partial charge on any atom is -0.459 e. The molecule has 0 radical (unpaired) electrons. The average molecular weight is 314 g/mol. The van der Waals surface area contributed by atoms with Crippen molar-refractivity contribution in [1.29, 1.82) is 0 Å². The first-order valence-electron chi connectivity index (χ1n) is 8.12. The maximum absolute atomic E-state index is 11.8. The van der Waals surface area contributed by atoms with Gasteiger partial charge in [0.15, 0.2) is 0 Å². The summed E-state index contributed by atoms with van der Waals surface area (Å²) in [6.07, 6.45) is 5.21. The maximum Gasteiger partial charge on any atom is 0.325 e. The van der Waals surface area contributed by atoms with Crippen LogP contribution >= 0.6 is 0 Å². The van der Waals surface area contributed by atoms with Gasteiger partial charge in [0.25, 0.3) is 5.91 Å². The highest BCUT2D eigenvalue weighted by Gasteiger charge is 2.27. The normalized spacial score (nSPS) is 19.3. The van der Waals surface area contributed by atoms with Crippen LogP contribution in [0.5, 0.6) is 0 Å². The molecule has 1 amide bonds. The van der Waals surface area contributed by atoms with E-state index in [1.165, 1.54) is 19.3 Å². The van der Waals surface area contributed by atoms with Crippen molar-refractivity contribution in [1.82, 2.24) is 5.32 Å². The maximum atomic E-state index is 11.8. The number of rotatable bonds is 6. The molecule has 0 spiro atoms. The van der Waals surface area contributed by atoms with Crippen molar-refractivity contribution < 1.29 is 19.4 Å². The van der Waals surface area contributed by atoms with Gasteiger partial charge in [-0.3, -0.25) is 9.59 Å². The summed E-state index contributed by atoms with van der Waals surface area (Å²) in [4.78, 5) is 23.4. The van der Waals surface area contributed by atoms with Crippen molar-refractivity contribution in [3.8, 4) is 0 Å². The lowest BCUT2D eigenvalue weighted by molar-refractivity contribution is -0.155. The van der Waals surface area contributed by atoms with Gasteiger partial charge in [0, 0.05) is 6.04 Å². The number of esters is 1. The molecule has 0 aromatic rings. The second-order valence-corrected chi connectivity index (χ2v) is 7.15. The fourth-order valence-corrected chi connectivity index (χ4v) is 2.77. The Kier molecular flexibility index (Phi) is 7.29. The Morgan fingerprint density at radius 2 is 1.86 bits per heavy atom. The summed E-state index contributed by atoms with van der Waals surface area (Å²) in [5.74, 6) is -0.667. The number of ether oxygens (including phenoxy) is 1. The zero-order chi connectivity index (χ0) is 16.8. The molecule has 128 valence electrons. The second-order valence-electron chi connectivity index (χ2n) is 7.15. The van der Waals surface area contributed by atoms with Gasteiger partial charge in [0.1, 0.15) is 18.2 Å². The lowest BCUT2D eigenvalue weighted by Crippen LogP contribution is -2.48. The summed E-state index contributed by atoms with van der Waals surface area (Å²) < 4.78 is 5.08. The number of amides is 1. The van der Waals surface area contributed by atoms with E-state index in [1.807, 2.05) is 0 Å². The summed E-state index contributed by atoms with van der Waals surface area (Å²) in [5, 5.41) is 12.4. The van der Waals surface area contributed by atoms with Gasteiger partial charge in [-0.05, 0) is 33.1 Å². The first kappa shape index (κ1) is 18.9. The molecule has 1 aliphatic rings. The fourth-order valence-electron chi connectivity index (χ4n) is 2.77. The lowest BCUT2D eigenvalue weighted by Gasteiger charge is -2.26. The van der Waals surface area contributed by atoms with Crippen molar-refractivity contribution in [2.24, 2.45) is 11.7 Å². The quantitative estimate of drug-likeness (QED) is 0.637. The Morgan fingerprint density at radius 1 is 1.27 bits per heavy atom. The van der Waals surface area contributed by atoms with Crippen LogP contribution in [-0.2, 0) is 14.3 Å². The van der Waals surface area contributed by atoms with E-state index >= 15 is 0 Å². The highest BCUT2D eigenvalue weighted by Crippen LogP contribution is 2.27. The molecule has 6 nitrogen and oxygen atoms in total. The predicted octanol–water partition coefficient (Wildman–Crippen LogP) is 1.10. The first-order valence-corrected chi connectivity index (χ1v) is 8.12. The monoisotopic (exact) mass is 314 g/mol. The molecule has 4 N–H and O–H groups in total. The zero-order valence-electron chi connectivity index (χ0n) is 13.9. The third-order valence-corrected chi connectivity index (χ3v) is 3.83. The van der Waals surface area contributed by atoms with Gasteiger partial charge < -0.3 is 20.9 Å². The van der Waals surface area contributed by atoms with Gasteiger partial charge in [0.05, 0.1) is 0 Å². The summed E-state index contributed by atoms with van der Waals surface area (Å²) in [6, 6.07) is -0.596. The fraction of sp³-hybridized carbons (Fsp3) is 0.875. The average Bonchev–Trinajstić information content (AvgIpc) is 2.43. The molecule has 1 unspecified atom stereocenters. The van der Waals surface area contributed by atoms with Crippen LogP contribution in [0.15, 0.2) is 0 Å². The van der Waals surface area contributed by atoms with Crippen molar-refractivity contribution in [2.45, 2.75) is 77.0 Å². The van der Waals surface area contributed by atoms with E-state index in [-0.39, 0.29) is 6.54 Å². The van der Waals surface area contributed by atoms with Crippen molar-refractivity contribution in [2.75, 3.05) is 6.54 Å². The van der Waals surface area contributed by atoms with Crippen LogP contribution in [0, 0.1) is 5.92 Å². The van der Waals surface area contributed by atoms with Gasteiger partial charge >= 0.3 is 5.97 Å². The van der Waals surface area contributed by atoms with Crippen LogP contribution in [0.4, 0.5) is 0 Å². The van der Waals surface area contributed by atoms with Gasteiger partial charge in [-0.2, -0.15) is 0 Å². The Morgan fingerprint density at radius 3 is 2.41 bits per heavy atom.